The van der Waals surface area contributed by atoms with Crippen LogP contribution in [0, 0.1) is 0 Å². The standard InChI is InChI=1S/C17H24N2O2S/c1-3-18-16-15(14-10-6-4-7-11-14)22(20,21)19(2)17(16)12-8-5-9-13-17/h4,6-7,10-11,18H,3,5,8-9,12-13H2,1-2H3. The Hall–Kier alpha value is -1.33. The number of likely N-dealkylation sites (N-methyl/N-ethyl adjacent to an activating group) is 2. The fourth-order valence-corrected chi connectivity index (χ4v) is 5.83. The Labute approximate surface area is 133 Å². The van der Waals surface area contributed by atoms with Gasteiger partial charge in [0, 0.05) is 13.6 Å². The fraction of sp³-hybridized carbons (Fsp3) is 0.529. The first-order valence-corrected chi connectivity index (χ1v) is 9.51. The number of hydrogen-bond acceptors (Lipinski definition) is 3. The van der Waals surface area contributed by atoms with Crippen LogP contribution in [-0.2, 0) is 10.0 Å². The first-order valence-electron chi connectivity index (χ1n) is 8.07. The summed E-state index contributed by atoms with van der Waals surface area (Å²) in [6.45, 7) is 2.76. The van der Waals surface area contributed by atoms with E-state index in [0.717, 1.165) is 43.5 Å². The van der Waals surface area contributed by atoms with Gasteiger partial charge in [-0.3, -0.25) is 0 Å². The number of nitrogens with zero attached hydrogens (tertiary/aromatic N) is 1. The Balaban J connectivity index is 2.24. The van der Waals surface area contributed by atoms with E-state index in [1.54, 1.807) is 11.4 Å². The van der Waals surface area contributed by atoms with Gasteiger partial charge in [-0.2, -0.15) is 4.31 Å². The summed E-state index contributed by atoms with van der Waals surface area (Å²) in [7, 11) is -1.70. The molecule has 1 aliphatic heterocycles. The summed E-state index contributed by atoms with van der Waals surface area (Å²) in [6.07, 6.45) is 5.16. The molecule has 0 aromatic heterocycles. The van der Waals surface area contributed by atoms with Crippen molar-refractivity contribution in [2.75, 3.05) is 13.6 Å². The average Bonchev–Trinajstić information content (AvgIpc) is 2.69. The van der Waals surface area contributed by atoms with E-state index < -0.39 is 10.0 Å². The predicted octanol–water partition coefficient (Wildman–Crippen LogP) is 2.94. The van der Waals surface area contributed by atoms with Gasteiger partial charge in [0.2, 0.25) is 10.0 Å². The Morgan fingerprint density at radius 2 is 1.77 bits per heavy atom. The van der Waals surface area contributed by atoms with Gasteiger partial charge in [-0.05, 0) is 25.3 Å². The zero-order chi connectivity index (χ0) is 15.8. The smallest absolute Gasteiger partial charge is 0.246 e. The zero-order valence-corrected chi connectivity index (χ0v) is 14.1. The molecule has 1 N–H and O–H groups in total. The van der Waals surface area contributed by atoms with Gasteiger partial charge in [0.05, 0.1) is 11.2 Å². The molecule has 1 heterocycles. The van der Waals surface area contributed by atoms with Gasteiger partial charge >= 0.3 is 0 Å². The van der Waals surface area contributed by atoms with Crippen molar-refractivity contribution in [2.45, 2.75) is 44.6 Å². The fourth-order valence-electron chi connectivity index (χ4n) is 3.87. The van der Waals surface area contributed by atoms with Crippen LogP contribution in [-0.4, -0.2) is 31.9 Å². The molecule has 2 aliphatic rings. The molecule has 1 saturated carbocycles. The lowest BCUT2D eigenvalue weighted by molar-refractivity contribution is 0.192. The molecular weight excluding hydrogens is 296 g/mol. The van der Waals surface area contributed by atoms with Crippen LogP contribution in [0.15, 0.2) is 36.0 Å². The van der Waals surface area contributed by atoms with Gasteiger partial charge in [0.15, 0.2) is 0 Å². The van der Waals surface area contributed by atoms with Crippen LogP contribution >= 0.6 is 0 Å². The van der Waals surface area contributed by atoms with E-state index in [4.69, 9.17) is 0 Å². The summed E-state index contributed by atoms with van der Waals surface area (Å²) in [5.41, 5.74) is 1.31. The topological polar surface area (TPSA) is 49.4 Å². The number of hydrogen-bond donors (Lipinski definition) is 1. The molecule has 0 atom stereocenters. The van der Waals surface area contributed by atoms with Crippen molar-refractivity contribution in [3.63, 3.8) is 0 Å². The van der Waals surface area contributed by atoms with Gasteiger partial charge in [0.25, 0.3) is 0 Å². The molecular formula is C17H24N2O2S. The van der Waals surface area contributed by atoms with Crippen molar-refractivity contribution in [3.05, 3.63) is 41.6 Å². The first kappa shape index (κ1) is 15.6. The van der Waals surface area contributed by atoms with Crippen molar-refractivity contribution >= 4 is 14.9 Å². The SMILES string of the molecule is CCNC1=C(c2ccccc2)S(=O)(=O)N(C)C12CCCCC2. The molecule has 1 aromatic carbocycles. The first-order chi connectivity index (χ1) is 10.5. The quantitative estimate of drug-likeness (QED) is 0.931. The molecule has 1 fully saturated rings. The summed E-state index contributed by atoms with van der Waals surface area (Å²) in [5.74, 6) is 0. The molecule has 3 rings (SSSR count). The van der Waals surface area contributed by atoms with E-state index in [2.05, 4.69) is 5.32 Å². The van der Waals surface area contributed by atoms with Crippen LogP contribution in [0.3, 0.4) is 0 Å². The van der Waals surface area contributed by atoms with Gasteiger partial charge in [-0.15, -0.1) is 0 Å². The number of sulfonamides is 1. The molecule has 5 heteroatoms. The van der Waals surface area contributed by atoms with Crippen molar-refractivity contribution in [2.24, 2.45) is 0 Å². The third-order valence-electron chi connectivity index (χ3n) is 4.98. The molecule has 0 bridgehead atoms. The molecule has 0 saturated heterocycles. The molecule has 1 aliphatic carbocycles. The van der Waals surface area contributed by atoms with E-state index in [9.17, 15) is 8.42 Å². The molecule has 22 heavy (non-hydrogen) atoms. The van der Waals surface area contributed by atoms with E-state index in [-0.39, 0.29) is 5.54 Å². The minimum absolute atomic E-state index is 0.377. The number of benzene rings is 1. The Morgan fingerprint density at radius 1 is 1.14 bits per heavy atom. The van der Waals surface area contributed by atoms with Crippen molar-refractivity contribution < 1.29 is 8.42 Å². The Morgan fingerprint density at radius 3 is 2.36 bits per heavy atom. The molecule has 1 spiro atoms. The van der Waals surface area contributed by atoms with Crippen molar-refractivity contribution in [1.82, 2.24) is 9.62 Å². The summed E-state index contributed by atoms with van der Waals surface area (Å²) in [6, 6.07) is 9.49. The zero-order valence-electron chi connectivity index (χ0n) is 13.3. The highest BCUT2D eigenvalue weighted by Gasteiger charge is 2.54. The highest BCUT2D eigenvalue weighted by atomic mass is 32.2. The number of rotatable bonds is 3. The van der Waals surface area contributed by atoms with Crippen LogP contribution in [0.4, 0.5) is 0 Å². The van der Waals surface area contributed by atoms with E-state index in [1.165, 1.54) is 6.42 Å². The highest BCUT2D eigenvalue weighted by molar-refractivity contribution is 7.98. The third kappa shape index (κ3) is 2.18. The average molecular weight is 320 g/mol. The van der Waals surface area contributed by atoms with Crippen LogP contribution in [0.5, 0.6) is 0 Å². The highest BCUT2D eigenvalue weighted by Crippen LogP contribution is 2.49. The normalized spacial score (nSPS) is 23.9. The lowest BCUT2D eigenvalue weighted by Gasteiger charge is -2.40. The molecule has 0 amide bonds. The number of nitrogens with one attached hydrogen (secondary N) is 1. The van der Waals surface area contributed by atoms with Crippen molar-refractivity contribution in [3.8, 4) is 0 Å². The molecule has 1 aromatic rings. The summed E-state index contributed by atoms with van der Waals surface area (Å²) in [5, 5.41) is 3.40. The van der Waals surface area contributed by atoms with E-state index >= 15 is 0 Å². The van der Waals surface area contributed by atoms with Crippen LogP contribution in [0.1, 0.15) is 44.6 Å². The minimum Gasteiger partial charge on any atom is -0.386 e. The van der Waals surface area contributed by atoms with Crippen LogP contribution in [0.25, 0.3) is 4.91 Å². The Kier molecular flexibility index (Phi) is 4.03. The van der Waals surface area contributed by atoms with E-state index in [0.29, 0.717) is 4.91 Å². The predicted molar refractivity (Wildman–Crippen MR) is 89.5 cm³/mol. The summed E-state index contributed by atoms with van der Waals surface area (Å²) in [4.78, 5) is 0.472. The van der Waals surface area contributed by atoms with Gasteiger partial charge in [-0.1, -0.05) is 49.6 Å². The molecule has 0 unspecified atom stereocenters. The van der Waals surface area contributed by atoms with Crippen LogP contribution in [0.2, 0.25) is 0 Å². The summed E-state index contributed by atoms with van der Waals surface area (Å²) < 4.78 is 27.8. The van der Waals surface area contributed by atoms with Gasteiger partial charge in [-0.25, -0.2) is 8.42 Å². The second-order valence-electron chi connectivity index (χ2n) is 6.17. The molecule has 0 radical (unpaired) electrons. The molecule has 4 nitrogen and oxygen atoms in total. The second-order valence-corrected chi connectivity index (χ2v) is 8.07. The third-order valence-corrected chi connectivity index (χ3v) is 7.01. The maximum Gasteiger partial charge on any atom is 0.246 e. The minimum atomic E-state index is -3.45. The van der Waals surface area contributed by atoms with Gasteiger partial charge < -0.3 is 5.32 Å². The second kappa shape index (κ2) is 5.70. The maximum atomic E-state index is 13.1. The maximum absolute atomic E-state index is 13.1. The Bertz CT molecular complexity index is 674. The largest absolute Gasteiger partial charge is 0.386 e. The summed E-state index contributed by atoms with van der Waals surface area (Å²) >= 11 is 0. The lowest BCUT2D eigenvalue weighted by Crippen LogP contribution is -2.49. The lowest BCUT2D eigenvalue weighted by atomic mass is 9.78. The van der Waals surface area contributed by atoms with Crippen LogP contribution < -0.4 is 5.32 Å². The molecule has 120 valence electrons. The monoisotopic (exact) mass is 320 g/mol. The van der Waals surface area contributed by atoms with Crippen molar-refractivity contribution in [1.29, 1.82) is 0 Å². The van der Waals surface area contributed by atoms with Gasteiger partial charge in [0.1, 0.15) is 4.91 Å². The van der Waals surface area contributed by atoms with E-state index in [1.807, 2.05) is 37.3 Å².